The number of nitrogens with zero attached hydrogens (tertiary/aromatic N) is 5. The standard InChI is InChI=1S/C20H23N5O4/c1-24(9-13-5-3-2-4-6-13)8-7-14-16-19(22-11-21-14)25(12-23-16)20-18(28)17(27)15(10-26)29-20/h2-8,11-12,15,17-18,20,26-28H,9-10H2,1H3/b8-7+/t15-,17-,18-,20-/m1/s1. The van der Waals surface area contributed by atoms with E-state index in [0.29, 0.717) is 16.9 Å². The summed E-state index contributed by atoms with van der Waals surface area (Å²) in [5, 5.41) is 29.6. The molecule has 1 fully saturated rings. The van der Waals surface area contributed by atoms with Gasteiger partial charge in [0.1, 0.15) is 30.2 Å². The van der Waals surface area contributed by atoms with Gasteiger partial charge in [-0.3, -0.25) is 4.57 Å². The molecule has 3 N–H and O–H groups in total. The van der Waals surface area contributed by atoms with Gasteiger partial charge in [0.05, 0.1) is 18.6 Å². The molecule has 1 aromatic carbocycles. The molecule has 1 saturated heterocycles. The molecule has 0 saturated carbocycles. The summed E-state index contributed by atoms with van der Waals surface area (Å²) < 4.78 is 7.13. The Morgan fingerprint density at radius 1 is 1.14 bits per heavy atom. The third-order valence-electron chi connectivity index (χ3n) is 4.94. The number of imidazole rings is 1. The lowest BCUT2D eigenvalue weighted by atomic mass is 10.1. The topological polar surface area (TPSA) is 117 Å². The van der Waals surface area contributed by atoms with Crippen molar-refractivity contribution in [1.82, 2.24) is 24.4 Å². The maximum Gasteiger partial charge on any atom is 0.166 e. The van der Waals surface area contributed by atoms with Crippen LogP contribution in [0.2, 0.25) is 0 Å². The summed E-state index contributed by atoms with van der Waals surface area (Å²) in [5.74, 6) is 0. The summed E-state index contributed by atoms with van der Waals surface area (Å²) in [4.78, 5) is 15.0. The van der Waals surface area contributed by atoms with Gasteiger partial charge in [0.15, 0.2) is 11.9 Å². The van der Waals surface area contributed by atoms with Crippen LogP contribution in [0.3, 0.4) is 0 Å². The maximum atomic E-state index is 10.3. The highest BCUT2D eigenvalue weighted by Crippen LogP contribution is 2.31. The molecular formula is C20H23N5O4. The SMILES string of the molecule is CN(/C=C/c1ncnc2c1ncn2[C@@H]1O[C@H](CO)[C@@H](O)[C@H]1O)Cc1ccccc1. The Morgan fingerprint density at radius 3 is 2.66 bits per heavy atom. The molecule has 29 heavy (non-hydrogen) atoms. The van der Waals surface area contributed by atoms with Gasteiger partial charge in [0, 0.05) is 19.8 Å². The average molecular weight is 397 g/mol. The number of aromatic nitrogens is 4. The zero-order valence-electron chi connectivity index (χ0n) is 15.9. The number of aliphatic hydroxyl groups excluding tert-OH is 3. The summed E-state index contributed by atoms with van der Waals surface area (Å²) >= 11 is 0. The fourth-order valence-electron chi connectivity index (χ4n) is 3.41. The lowest BCUT2D eigenvalue weighted by Gasteiger charge is -2.16. The predicted molar refractivity (Wildman–Crippen MR) is 105 cm³/mol. The van der Waals surface area contributed by atoms with Gasteiger partial charge >= 0.3 is 0 Å². The number of benzene rings is 1. The molecular weight excluding hydrogens is 374 g/mol. The van der Waals surface area contributed by atoms with E-state index in [2.05, 4.69) is 27.1 Å². The van der Waals surface area contributed by atoms with Gasteiger partial charge in [-0.25, -0.2) is 15.0 Å². The minimum atomic E-state index is -1.20. The van der Waals surface area contributed by atoms with Crippen LogP contribution in [-0.4, -0.2) is 71.7 Å². The first-order valence-corrected chi connectivity index (χ1v) is 9.31. The van der Waals surface area contributed by atoms with Gasteiger partial charge in [0.2, 0.25) is 0 Å². The average Bonchev–Trinajstić information content (AvgIpc) is 3.29. The predicted octanol–water partition coefficient (Wildman–Crippen LogP) is 0.540. The molecule has 1 aliphatic heterocycles. The largest absolute Gasteiger partial charge is 0.394 e. The van der Waals surface area contributed by atoms with Crippen molar-refractivity contribution in [1.29, 1.82) is 0 Å². The highest BCUT2D eigenvalue weighted by molar-refractivity contribution is 5.79. The van der Waals surface area contributed by atoms with E-state index in [4.69, 9.17) is 4.74 Å². The molecule has 0 bridgehead atoms. The number of hydrogen-bond acceptors (Lipinski definition) is 8. The van der Waals surface area contributed by atoms with Gasteiger partial charge in [0.25, 0.3) is 0 Å². The van der Waals surface area contributed by atoms with Crippen LogP contribution in [-0.2, 0) is 11.3 Å². The zero-order valence-corrected chi connectivity index (χ0v) is 15.9. The lowest BCUT2D eigenvalue weighted by molar-refractivity contribution is -0.0511. The molecule has 9 heteroatoms. The minimum absolute atomic E-state index is 0.391. The Hall–Kier alpha value is -2.85. The quantitative estimate of drug-likeness (QED) is 0.552. The summed E-state index contributed by atoms with van der Waals surface area (Å²) in [7, 11) is 1.97. The molecule has 1 aliphatic rings. The molecule has 0 spiro atoms. The third-order valence-corrected chi connectivity index (χ3v) is 4.94. The second-order valence-electron chi connectivity index (χ2n) is 7.03. The molecule has 2 aromatic heterocycles. The van der Waals surface area contributed by atoms with Crippen molar-refractivity contribution < 1.29 is 20.1 Å². The molecule has 3 aromatic rings. The van der Waals surface area contributed by atoms with E-state index in [9.17, 15) is 15.3 Å². The van der Waals surface area contributed by atoms with Crippen molar-refractivity contribution in [3.8, 4) is 0 Å². The smallest absolute Gasteiger partial charge is 0.166 e. The molecule has 0 unspecified atom stereocenters. The van der Waals surface area contributed by atoms with E-state index in [-0.39, 0.29) is 0 Å². The molecule has 0 radical (unpaired) electrons. The fourth-order valence-corrected chi connectivity index (χ4v) is 3.41. The maximum absolute atomic E-state index is 10.3. The van der Waals surface area contributed by atoms with Gasteiger partial charge in [-0.15, -0.1) is 0 Å². The van der Waals surface area contributed by atoms with Gasteiger partial charge < -0.3 is 25.0 Å². The molecule has 152 valence electrons. The van der Waals surface area contributed by atoms with Crippen LogP contribution in [0.15, 0.2) is 49.2 Å². The third kappa shape index (κ3) is 3.85. The first-order chi connectivity index (χ1) is 14.1. The van der Waals surface area contributed by atoms with Crippen molar-refractivity contribution in [2.75, 3.05) is 13.7 Å². The molecule has 0 amide bonds. The van der Waals surface area contributed by atoms with E-state index in [0.717, 1.165) is 6.54 Å². The Bertz CT molecular complexity index is 993. The van der Waals surface area contributed by atoms with Crippen LogP contribution in [0.4, 0.5) is 0 Å². The first kappa shape index (κ1) is 19.5. The number of fused-ring (bicyclic) bond motifs is 1. The van der Waals surface area contributed by atoms with Crippen molar-refractivity contribution in [2.24, 2.45) is 0 Å². The van der Waals surface area contributed by atoms with Gasteiger partial charge in [-0.05, 0) is 11.6 Å². The minimum Gasteiger partial charge on any atom is -0.394 e. The van der Waals surface area contributed by atoms with Crippen LogP contribution in [0, 0.1) is 0 Å². The van der Waals surface area contributed by atoms with E-state index < -0.39 is 31.1 Å². The van der Waals surface area contributed by atoms with E-state index in [1.807, 2.05) is 42.4 Å². The highest BCUT2D eigenvalue weighted by atomic mass is 16.6. The first-order valence-electron chi connectivity index (χ1n) is 9.31. The number of aliphatic hydroxyl groups is 3. The molecule has 0 aliphatic carbocycles. The van der Waals surface area contributed by atoms with Crippen LogP contribution in [0.5, 0.6) is 0 Å². The second kappa shape index (κ2) is 8.26. The van der Waals surface area contributed by atoms with Crippen molar-refractivity contribution in [2.45, 2.75) is 31.1 Å². The van der Waals surface area contributed by atoms with Crippen LogP contribution < -0.4 is 0 Å². The van der Waals surface area contributed by atoms with Crippen LogP contribution >= 0.6 is 0 Å². The summed E-state index contributed by atoms with van der Waals surface area (Å²) in [5.41, 5.74) is 2.84. The number of ether oxygens (including phenoxy) is 1. The Kier molecular flexibility index (Phi) is 5.54. The summed E-state index contributed by atoms with van der Waals surface area (Å²) in [6, 6.07) is 10.1. The van der Waals surface area contributed by atoms with Crippen molar-refractivity contribution in [3.05, 3.63) is 60.4 Å². The molecule has 4 atom stereocenters. The molecule has 9 nitrogen and oxygen atoms in total. The van der Waals surface area contributed by atoms with E-state index in [1.165, 1.54) is 18.2 Å². The van der Waals surface area contributed by atoms with Gasteiger partial charge in [-0.2, -0.15) is 0 Å². The zero-order chi connectivity index (χ0) is 20.4. The van der Waals surface area contributed by atoms with E-state index in [1.54, 1.807) is 4.57 Å². The van der Waals surface area contributed by atoms with Crippen molar-refractivity contribution >= 4 is 17.2 Å². The fraction of sp³-hybridized carbons (Fsp3) is 0.350. The molecule has 4 rings (SSSR count). The van der Waals surface area contributed by atoms with E-state index >= 15 is 0 Å². The number of rotatable bonds is 6. The summed E-state index contributed by atoms with van der Waals surface area (Å²) in [6.07, 6.45) is 2.54. The van der Waals surface area contributed by atoms with Crippen molar-refractivity contribution in [3.63, 3.8) is 0 Å². The summed E-state index contributed by atoms with van der Waals surface area (Å²) in [6.45, 7) is 0.362. The van der Waals surface area contributed by atoms with Crippen LogP contribution in [0.25, 0.3) is 17.2 Å². The monoisotopic (exact) mass is 397 g/mol. The Labute approximate surface area is 167 Å². The molecule has 3 heterocycles. The van der Waals surface area contributed by atoms with Gasteiger partial charge in [-0.1, -0.05) is 30.3 Å². The normalized spacial score (nSPS) is 24.6. The Balaban J connectivity index is 1.56. The van der Waals surface area contributed by atoms with Crippen LogP contribution in [0.1, 0.15) is 17.5 Å². The lowest BCUT2D eigenvalue weighted by Crippen LogP contribution is -2.33. The number of hydrogen-bond donors (Lipinski definition) is 3. The second-order valence-corrected chi connectivity index (χ2v) is 7.03. The Morgan fingerprint density at radius 2 is 1.93 bits per heavy atom. The highest BCUT2D eigenvalue weighted by Gasteiger charge is 2.43.